The molecule has 0 N–H and O–H groups in total. The number of carbonyl (C=O) groups is 1. The Kier molecular flexibility index (Phi) is 7.58. The van der Waals surface area contributed by atoms with Crippen LogP contribution in [0.3, 0.4) is 0 Å². The quantitative estimate of drug-likeness (QED) is 0.189. The molecule has 0 unspecified atom stereocenters. The molecule has 0 saturated heterocycles. The molecule has 41 heavy (non-hydrogen) atoms. The average Bonchev–Trinajstić information content (AvgIpc) is 3.89. The molecule has 0 radical (unpaired) electrons. The molecule has 0 aliphatic heterocycles. The summed E-state index contributed by atoms with van der Waals surface area (Å²) in [7, 11) is 0. The van der Waals surface area contributed by atoms with E-state index in [1.54, 1.807) is 34.9 Å². The smallest absolute Gasteiger partial charge is 0.258 e. The van der Waals surface area contributed by atoms with Gasteiger partial charge in [0.1, 0.15) is 0 Å². The number of rotatable bonds is 6. The van der Waals surface area contributed by atoms with Gasteiger partial charge in [0.2, 0.25) is 0 Å². The zero-order valence-electron chi connectivity index (χ0n) is 22.8. The molecule has 0 atom stereocenters. The SMILES string of the molecule is Cc1cccc2c(=O)n(C3CC3)ccc12.O=C(CCc1ccc(Cl)c(Cl)c1)c1cccc2c(=O)n(C3CC3)ccc12. The zero-order valence-corrected chi connectivity index (χ0v) is 24.3. The summed E-state index contributed by atoms with van der Waals surface area (Å²) in [6, 6.07) is 21.4. The standard InChI is InChI=1S/C21H17Cl2NO2.C13H13NO/c22-18-8-4-13(12-19(18)23)5-9-20(25)16-2-1-3-17-15(16)10-11-24(21(17)26)14-6-7-14;1-9-3-2-4-12-11(9)7-8-14(13(12)15)10-5-6-10/h1-4,8,10-12,14H,5-7,9H2;2-4,7-8,10H,5-6H2,1H3. The van der Waals surface area contributed by atoms with Gasteiger partial charge in [0.25, 0.3) is 11.1 Å². The highest BCUT2D eigenvalue weighted by Gasteiger charge is 2.26. The summed E-state index contributed by atoms with van der Waals surface area (Å²) in [6.45, 7) is 2.04. The predicted octanol–water partition coefficient (Wildman–Crippen LogP) is 8.10. The number of carbonyl (C=O) groups excluding carboxylic acids is 1. The minimum absolute atomic E-state index is 0.0101. The number of hydrogen-bond donors (Lipinski definition) is 0. The highest BCUT2D eigenvalue weighted by atomic mass is 35.5. The lowest BCUT2D eigenvalue weighted by molar-refractivity contribution is 0.0984. The van der Waals surface area contributed by atoms with Gasteiger partial charge in [-0.1, -0.05) is 53.5 Å². The monoisotopic (exact) mass is 584 g/mol. The Morgan fingerprint density at radius 3 is 1.93 bits per heavy atom. The second kappa shape index (κ2) is 11.3. The minimum Gasteiger partial charge on any atom is -0.312 e. The summed E-state index contributed by atoms with van der Waals surface area (Å²) in [4.78, 5) is 37.5. The third-order valence-electron chi connectivity index (χ3n) is 7.97. The van der Waals surface area contributed by atoms with Crippen molar-refractivity contribution < 1.29 is 4.79 Å². The first kappa shape index (κ1) is 27.5. The fraction of sp³-hybridized carbons (Fsp3) is 0.265. The van der Waals surface area contributed by atoms with Crippen LogP contribution in [0.1, 0.15) is 65.7 Å². The molecule has 0 amide bonds. The highest BCUT2D eigenvalue weighted by molar-refractivity contribution is 6.42. The van der Waals surface area contributed by atoms with Crippen LogP contribution in [0, 0.1) is 6.92 Å². The van der Waals surface area contributed by atoms with E-state index in [1.165, 1.54) is 5.56 Å². The number of hydrogen-bond acceptors (Lipinski definition) is 3. The molecule has 2 aliphatic carbocycles. The van der Waals surface area contributed by atoms with Crippen LogP contribution in [0.25, 0.3) is 21.5 Å². The summed E-state index contributed by atoms with van der Waals surface area (Å²) >= 11 is 12.0. The first-order chi connectivity index (χ1) is 19.8. The van der Waals surface area contributed by atoms with Crippen LogP contribution in [0.15, 0.2) is 88.7 Å². The average molecular weight is 586 g/mol. The Labute approximate surface area is 248 Å². The number of benzene rings is 3. The van der Waals surface area contributed by atoms with Gasteiger partial charge in [0.05, 0.1) is 10.0 Å². The van der Waals surface area contributed by atoms with Crippen molar-refractivity contribution in [3.05, 3.63) is 127 Å². The lowest BCUT2D eigenvalue weighted by Gasteiger charge is -2.09. The Balaban J connectivity index is 0.000000170. The Morgan fingerprint density at radius 1 is 0.732 bits per heavy atom. The summed E-state index contributed by atoms with van der Waals surface area (Å²) < 4.78 is 3.66. The number of pyridine rings is 2. The molecule has 7 heteroatoms. The molecule has 2 aliphatic rings. The number of fused-ring (bicyclic) bond motifs is 2. The molecule has 2 fully saturated rings. The van der Waals surface area contributed by atoms with Gasteiger partial charge < -0.3 is 9.13 Å². The number of nitrogens with zero attached hydrogens (tertiary/aromatic N) is 2. The number of aryl methyl sites for hydroxylation is 2. The first-order valence-corrected chi connectivity index (χ1v) is 14.8. The van der Waals surface area contributed by atoms with Gasteiger partial charge in [0, 0.05) is 47.2 Å². The van der Waals surface area contributed by atoms with Crippen LogP contribution < -0.4 is 11.1 Å². The molecular weight excluding hydrogens is 555 g/mol. The molecular formula is C34H30Cl2N2O3. The third-order valence-corrected chi connectivity index (χ3v) is 8.71. The van der Waals surface area contributed by atoms with Crippen molar-refractivity contribution in [3.63, 3.8) is 0 Å². The maximum absolute atomic E-state index is 12.8. The Bertz CT molecular complexity index is 1920. The van der Waals surface area contributed by atoms with E-state index in [1.807, 2.05) is 54.2 Å². The van der Waals surface area contributed by atoms with E-state index in [9.17, 15) is 14.4 Å². The van der Waals surface area contributed by atoms with Crippen molar-refractivity contribution in [2.45, 2.75) is 57.5 Å². The van der Waals surface area contributed by atoms with Gasteiger partial charge in [0.15, 0.2) is 5.78 Å². The van der Waals surface area contributed by atoms with Crippen LogP contribution in [0.4, 0.5) is 0 Å². The molecule has 2 saturated carbocycles. The van der Waals surface area contributed by atoms with Crippen molar-refractivity contribution in [3.8, 4) is 0 Å². The molecule has 2 heterocycles. The number of ketones is 1. The summed E-state index contributed by atoms with van der Waals surface area (Å²) in [5, 5.41) is 4.27. The van der Waals surface area contributed by atoms with E-state index < -0.39 is 0 Å². The zero-order chi connectivity index (χ0) is 28.7. The molecule has 7 rings (SSSR count). The fourth-order valence-electron chi connectivity index (χ4n) is 5.35. The van der Waals surface area contributed by atoms with Gasteiger partial charge in [-0.3, -0.25) is 14.4 Å². The van der Waals surface area contributed by atoms with Crippen LogP contribution in [0.5, 0.6) is 0 Å². The Morgan fingerprint density at radius 2 is 1.32 bits per heavy atom. The normalized spacial score (nSPS) is 14.6. The van der Waals surface area contributed by atoms with Gasteiger partial charge in [-0.2, -0.15) is 0 Å². The lowest BCUT2D eigenvalue weighted by atomic mass is 9.98. The van der Waals surface area contributed by atoms with Gasteiger partial charge in [-0.25, -0.2) is 0 Å². The van der Waals surface area contributed by atoms with E-state index in [0.29, 0.717) is 45.9 Å². The highest BCUT2D eigenvalue weighted by Crippen LogP contribution is 2.34. The van der Waals surface area contributed by atoms with Crippen LogP contribution in [-0.2, 0) is 6.42 Å². The molecule has 5 nitrogen and oxygen atoms in total. The maximum atomic E-state index is 12.8. The van der Waals surface area contributed by atoms with Crippen molar-refractivity contribution in [1.82, 2.24) is 9.13 Å². The van der Waals surface area contributed by atoms with Gasteiger partial charge in [-0.15, -0.1) is 0 Å². The van der Waals surface area contributed by atoms with E-state index in [-0.39, 0.29) is 16.9 Å². The second-order valence-corrected chi connectivity index (χ2v) is 11.8. The summed E-state index contributed by atoms with van der Waals surface area (Å²) in [6.07, 6.45) is 9.08. The van der Waals surface area contributed by atoms with Crippen molar-refractivity contribution >= 4 is 50.5 Å². The molecule has 0 spiro atoms. The summed E-state index contributed by atoms with van der Waals surface area (Å²) in [5.41, 5.74) is 2.89. The van der Waals surface area contributed by atoms with Gasteiger partial charge in [-0.05, 0) is 97.3 Å². The van der Waals surface area contributed by atoms with Gasteiger partial charge >= 0.3 is 0 Å². The molecule has 5 aromatic rings. The topological polar surface area (TPSA) is 61.1 Å². The van der Waals surface area contributed by atoms with E-state index >= 15 is 0 Å². The minimum atomic E-state index is -0.0101. The number of Topliss-reactive ketones (excluding diaryl/α,β-unsaturated/α-hetero) is 1. The maximum Gasteiger partial charge on any atom is 0.258 e. The van der Waals surface area contributed by atoms with Crippen LogP contribution in [-0.4, -0.2) is 14.9 Å². The molecule has 208 valence electrons. The van der Waals surface area contributed by atoms with Crippen molar-refractivity contribution in [2.24, 2.45) is 0 Å². The number of aromatic nitrogens is 2. The lowest BCUT2D eigenvalue weighted by Crippen LogP contribution is -2.19. The largest absolute Gasteiger partial charge is 0.312 e. The second-order valence-electron chi connectivity index (χ2n) is 11.0. The third kappa shape index (κ3) is 5.74. The van der Waals surface area contributed by atoms with E-state index in [4.69, 9.17) is 23.2 Å². The van der Waals surface area contributed by atoms with Crippen molar-refractivity contribution in [1.29, 1.82) is 0 Å². The van der Waals surface area contributed by atoms with E-state index in [0.717, 1.165) is 47.4 Å². The predicted molar refractivity (Wildman–Crippen MR) is 167 cm³/mol. The van der Waals surface area contributed by atoms with E-state index in [2.05, 4.69) is 6.07 Å². The molecule has 3 aromatic carbocycles. The molecule has 0 bridgehead atoms. The van der Waals surface area contributed by atoms with Crippen LogP contribution >= 0.6 is 23.2 Å². The summed E-state index contributed by atoms with van der Waals surface area (Å²) in [5.74, 6) is 0.0187. The fourth-order valence-corrected chi connectivity index (χ4v) is 5.67. The van der Waals surface area contributed by atoms with Crippen molar-refractivity contribution in [2.75, 3.05) is 0 Å². The van der Waals surface area contributed by atoms with Crippen LogP contribution in [0.2, 0.25) is 10.0 Å². The Hall–Kier alpha value is -3.67. The first-order valence-electron chi connectivity index (χ1n) is 14.0. The number of halogens is 2. The molecule has 2 aromatic heterocycles.